The summed E-state index contributed by atoms with van der Waals surface area (Å²) in [6, 6.07) is 4.03. The smallest absolute Gasteiger partial charge is 0.329 e. The second-order valence-electron chi connectivity index (χ2n) is 5.07. The van der Waals surface area contributed by atoms with Gasteiger partial charge in [0.05, 0.1) is 5.75 Å². The lowest BCUT2D eigenvalue weighted by atomic mass is 9.81. The fourth-order valence-electron chi connectivity index (χ4n) is 2.49. The molecule has 20 heavy (non-hydrogen) atoms. The van der Waals surface area contributed by atoms with Crippen LogP contribution in [0.2, 0.25) is 0 Å². The maximum atomic E-state index is 12.0. The SMILES string of the molecule is O=C(CSCc1cccs1)NC1(C(=O)O)CCCCC1. The lowest BCUT2D eigenvalue weighted by molar-refractivity contribution is -0.148. The van der Waals surface area contributed by atoms with Gasteiger partial charge in [0.15, 0.2) is 0 Å². The lowest BCUT2D eigenvalue weighted by Crippen LogP contribution is -2.56. The zero-order valence-corrected chi connectivity index (χ0v) is 12.9. The van der Waals surface area contributed by atoms with E-state index in [-0.39, 0.29) is 5.91 Å². The third-order valence-corrected chi connectivity index (χ3v) is 5.59. The predicted molar refractivity (Wildman–Crippen MR) is 82.1 cm³/mol. The Morgan fingerprint density at radius 2 is 2.10 bits per heavy atom. The Bertz CT molecular complexity index is 453. The van der Waals surface area contributed by atoms with Crippen molar-refractivity contribution in [3.63, 3.8) is 0 Å². The Kier molecular flexibility index (Phi) is 5.48. The molecule has 0 aromatic carbocycles. The fourth-order valence-corrected chi connectivity index (χ4v) is 4.16. The topological polar surface area (TPSA) is 66.4 Å². The summed E-state index contributed by atoms with van der Waals surface area (Å²) >= 11 is 3.19. The van der Waals surface area contributed by atoms with Gasteiger partial charge in [-0.3, -0.25) is 4.79 Å². The molecule has 2 N–H and O–H groups in total. The third-order valence-electron chi connectivity index (χ3n) is 3.55. The van der Waals surface area contributed by atoms with Crippen molar-refractivity contribution in [2.45, 2.75) is 43.4 Å². The minimum absolute atomic E-state index is 0.171. The molecular weight excluding hydrogens is 294 g/mol. The quantitative estimate of drug-likeness (QED) is 0.847. The van der Waals surface area contributed by atoms with Gasteiger partial charge in [0.25, 0.3) is 0 Å². The number of amides is 1. The van der Waals surface area contributed by atoms with Crippen molar-refractivity contribution in [2.75, 3.05) is 5.75 Å². The van der Waals surface area contributed by atoms with Crippen molar-refractivity contribution in [1.82, 2.24) is 5.32 Å². The van der Waals surface area contributed by atoms with E-state index in [1.54, 1.807) is 11.3 Å². The zero-order chi connectivity index (χ0) is 14.4. The van der Waals surface area contributed by atoms with Crippen LogP contribution in [0.15, 0.2) is 17.5 Å². The molecule has 0 atom stereocenters. The second kappa shape index (κ2) is 7.13. The summed E-state index contributed by atoms with van der Waals surface area (Å²) in [4.78, 5) is 24.6. The van der Waals surface area contributed by atoms with Gasteiger partial charge < -0.3 is 10.4 Å². The van der Waals surface area contributed by atoms with E-state index >= 15 is 0 Å². The number of carbonyl (C=O) groups excluding carboxylic acids is 1. The van der Waals surface area contributed by atoms with E-state index in [0.717, 1.165) is 25.0 Å². The van der Waals surface area contributed by atoms with Crippen LogP contribution in [0.4, 0.5) is 0 Å². The van der Waals surface area contributed by atoms with Gasteiger partial charge in [-0.1, -0.05) is 25.3 Å². The lowest BCUT2D eigenvalue weighted by Gasteiger charge is -2.33. The molecular formula is C14H19NO3S2. The number of rotatable bonds is 6. The van der Waals surface area contributed by atoms with Gasteiger partial charge in [0.2, 0.25) is 5.91 Å². The summed E-state index contributed by atoms with van der Waals surface area (Å²) in [5.74, 6) is 0.0441. The predicted octanol–water partition coefficient (Wildman–Crippen LogP) is 2.89. The number of nitrogens with one attached hydrogen (secondary N) is 1. The van der Waals surface area contributed by atoms with Gasteiger partial charge in [-0.25, -0.2) is 4.79 Å². The van der Waals surface area contributed by atoms with Gasteiger partial charge >= 0.3 is 5.97 Å². The van der Waals surface area contributed by atoms with Crippen LogP contribution < -0.4 is 5.32 Å². The van der Waals surface area contributed by atoms with Crippen LogP contribution in [0.1, 0.15) is 37.0 Å². The Hall–Kier alpha value is -1.01. The van der Waals surface area contributed by atoms with Crippen LogP contribution >= 0.6 is 23.1 Å². The molecule has 1 fully saturated rings. The van der Waals surface area contributed by atoms with Crippen LogP contribution in [-0.4, -0.2) is 28.3 Å². The summed E-state index contributed by atoms with van der Waals surface area (Å²) < 4.78 is 0. The number of hydrogen-bond donors (Lipinski definition) is 2. The molecule has 2 rings (SSSR count). The van der Waals surface area contributed by atoms with Crippen molar-refractivity contribution in [1.29, 1.82) is 0 Å². The van der Waals surface area contributed by atoms with Crippen molar-refractivity contribution in [3.8, 4) is 0 Å². The highest BCUT2D eigenvalue weighted by Crippen LogP contribution is 2.28. The largest absolute Gasteiger partial charge is 0.480 e. The van der Waals surface area contributed by atoms with Crippen LogP contribution in [0.3, 0.4) is 0 Å². The van der Waals surface area contributed by atoms with Gasteiger partial charge in [-0.15, -0.1) is 23.1 Å². The van der Waals surface area contributed by atoms with E-state index in [9.17, 15) is 14.7 Å². The number of aliphatic carboxylic acids is 1. The molecule has 0 spiro atoms. The minimum atomic E-state index is -1.03. The van der Waals surface area contributed by atoms with Crippen molar-refractivity contribution in [3.05, 3.63) is 22.4 Å². The number of hydrogen-bond acceptors (Lipinski definition) is 4. The van der Waals surface area contributed by atoms with E-state index in [1.807, 2.05) is 17.5 Å². The molecule has 0 saturated heterocycles. The molecule has 1 aromatic heterocycles. The second-order valence-corrected chi connectivity index (χ2v) is 7.09. The van der Waals surface area contributed by atoms with E-state index in [2.05, 4.69) is 5.32 Å². The van der Waals surface area contributed by atoms with Crippen molar-refractivity contribution >= 4 is 35.0 Å². The number of carboxylic acids is 1. The average Bonchev–Trinajstić information content (AvgIpc) is 2.93. The number of carbonyl (C=O) groups is 2. The summed E-state index contributed by atoms with van der Waals surface area (Å²) in [7, 11) is 0. The van der Waals surface area contributed by atoms with Crippen molar-refractivity contribution < 1.29 is 14.7 Å². The average molecular weight is 313 g/mol. The molecule has 0 bridgehead atoms. The maximum absolute atomic E-state index is 12.0. The number of thioether (sulfide) groups is 1. The normalized spacial score (nSPS) is 17.6. The summed E-state index contributed by atoms with van der Waals surface area (Å²) in [6.45, 7) is 0. The Balaban J connectivity index is 1.81. The van der Waals surface area contributed by atoms with Crippen LogP contribution in [0, 0.1) is 0 Å². The first-order chi connectivity index (χ1) is 9.62. The molecule has 0 aliphatic heterocycles. The van der Waals surface area contributed by atoms with Crippen LogP contribution in [0.5, 0.6) is 0 Å². The Labute approximate surface area is 127 Å². The van der Waals surface area contributed by atoms with Gasteiger partial charge in [-0.2, -0.15) is 0 Å². The number of carboxylic acid groups (broad SMARTS) is 1. The molecule has 0 unspecified atom stereocenters. The number of thiophene rings is 1. The molecule has 1 amide bonds. The van der Waals surface area contributed by atoms with E-state index in [1.165, 1.54) is 16.6 Å². The summed E-state index contributed by atoms with van der Waals surface area (Å²) in [5, 5.41) is 14.2. The summed E-state index contributed by atoms with van der Waals surface area (Å²) in [5.41, 5.74) is -1.03. The van der Waals surface area contributed by atoms with Gasteiger partial charge in [0, 0.05) is 10.6 Å². The highest BCUT2D eigenvalue weighted by atomic mass is 32.2. The van der Waals surface area contributed by atoms with Crippen molar-refractivity contribution in [2.24, 2.45) is 0 Å². The van der Waals surface area contributed by atoms with Gasteiger partial charge in [0.1, 0.15) is 5.54 Å². The Morgan fingerprint density at radius 1 is 1.35 bits per heavy atom. The molecule has 4 nitrogen and oxygen atoms in total. The Morgan fingerprint density at radius 3 is 2.70 bits per heavy atom. The van der Waals surface area contributed by atoms with E-state index in [4.69, 9.17) is 0 Å². The molecule has 1 aliphatic rings. The highest BCUT2D eigenvalue weighted by Gasteiger charge is 2.40. The first kappa shape index (κ1) is 15.4. The molecule has 6 heteroatoms. The standard InChI is InChI=1S/C14H19NO3S2/c16-12(10-19-9-11-5-4-8-20-11)15-14(13(17)18)6-2-1-3-7-14/h4-5,8H,1-3,6-7,9-10H2,(H,15,16)(H,17,18). The molecule has 110 valence electrons. The van der Waals surface area contributed by atoms with Gasteiger partial charge in [-0.05, 0) is 24.3 Å². The highest BCUT2D eigenvalue weighted by molar-refractivity contribution is 7.99. The third kappa shape index (κ3) is 3.99. The molecule has 1 aliphatic carbocycles. The van der Waals surface area contributed by atoms with Crippen LogP contribution in [0.25, 0.3) is 0 Å². The van der Waals surface area contributed by atoms with Crippen LogP contribution in [-0.2, 0) is 15.3 Å². The first-order valence-corrected chi connectivity index (χ1v) is 8.80. The molecule has 1 aromatic rings. The minimum Gasteiger partial charge on any atom is -0.480 e. The zero-order valence-electron chi connectivity index (χ0n) is 11.3. The summed E-state index contributed by atoms with van der Waals surface area (Å²) in [6.07, 6.45) is 3.88. The first-order valence-electron chi connectivity index (χ1n) is 6.77. The monoisotopic (exact) mass is 313 g/mol. The molecule has 1 heterocycles. The molecule has 0 radical (unpaired) electrons. The van der Waals surface area contributed by atoms with E-state index < -0.39 is 11.5 Å². The fraction of sp³-hybridized carbons (Fsp3) is 0.571. The maximum Gasteiger partial charge on any atom is 0.329 e. The molecule has 1 saturated carbocycles. The van der Waals surface area contributed by atoms with E-state index in [0.29, 0.717) is 18.6 Å².